The van der Waals surface area contributed by atoms with E-state index >= 15 is 0 Å². The summed E-state index contributed by atoms with van der Waals surface area (Å²) < 4.78 is 0. The average molecular weight is 165 g/mol. The Balaban J connectivity index is 2.09. The number of nitrogens with one attached hydrogen (secondary N) is 1. The Bertz CT molecular complexity index is 172. The minimum atomic E-state index is 0.342. The van der Waals surface area contributed by atoms with Gasteiger partial charge in [0.15, 0.2) is 0 Å². The predicted molar refractivity (Wildman–Crippen MR) is 52.9 cm³/mol. The van der Waals surface area contributed by atoms with E-state index in [1.807, 2.05) is 0 Å². The number of rotatable bonds is 5. The van der Waals surface area contributed by atoms with Crippen LogP contribution in [0.2, 0.25) is 0 Å². The molecule has 1 fully saturated rings. The van der Waals surface area contributed by atoms with Crippen LogP contribution < -0.4 is 5.32 Å². The van der Waals surface area contributed by atoms with E-state index in [0.717, 1.165) is 25.3 Å². The normalized spacial score (nSPS) is 17.4. The fourth-order valence-corrected chi connectivity index (χ4v) is 1.55. The van der Waals surface area contributed by atoms with Crippen LogP contribution in [0.4, 0.5) is 0 Å². The molecule has 0 aromatic rings. The highest BCUT2D eigenvalue weighted by atomic mass is 15.0. The first-order valence-corrected chi connectivity index (χ1v) is 4.85. The molecule has 1 saturated carbocycles. The van der Waals surface area contributed by atoms with Gasteiger partial charge < -0.3 is 5.32 Å². The molecule has 0 heterocycles. The summed E-state index contributed by atoms with van der Waals surface area (Å²) in [5.41, 5.74) is 0.342. The molecule has 1 aliphatic rings. The quantitative estimate of drug-likeness (QED) is 0.486. The van der Waals surface area contributed by atoms with Crippen LogP contribution in [0.25, 0.3) is 0 Å². The van der Waals surface area contributed by atoms with Gasteiger partial charge in [0, 0.05) is 12.0 Å². The Morgan fingerprint density at radius 3 is 2.67 bits per heavy atom. The smallest absolute Gasteiger partial charge is 0.0153 e. The molecule has 1 aliphatic carbocycles. The van der Waals surface area contributed by atoms with Gasteiger partial charge >= 0.3 is 0 Å². The van der Waals surface area contributed by atoms with E-state index in [1.54, 1.807) is 0 Å². The lowest BCUT2D eigenvalue weighted by atomic mass is 9.99. The maximum atomic E-state index is 5.17. The van der Waals surface area contributed by atoms with Gasteiger partial charge in [0.05, 0.1) is 0 Å². The molecule has 12 heavy (non-hydrogen) atoms. The molecule has 68 valence electrons. The van der Waals surface area contributed by atoms with Crippen molar-refractivity contribution in [2.24, 2.45) is 5.92 Å². The Morgan fingerprint density at radius 2 is 2.17 bits per heavy atom. The Kier molecular flexibility index (Phi) is 3.17. The molecule has 0 unspecified atom stereocenters. The molecule has 1 heteroatoms. The highest BCUT2D eigenvalue weighted by molar-refractivity contribution is 4.94. The van der Waals surface area contributed by atoms with E-state index < -0.39 is 0 Å². The van der Waals surface area contributed by atoms with Crippen LogP contribution in [0.3, 0.4) is 0 Å². The van der Waals surface area contributed by atoms with Gasteiger partial charge in [-0.3, -0.25) is 0 Å². The molecule has 0 spiro atoms. The van der Waals surface area contributed by atoms with Gasteiger partial charge in [-0.15, -0.1) is 12.3 Å². The van der Waals surface area contributed by atoms with E-state index in [4.69, 9.17) is 6.42 Å². The Hall–Kier alpha value is -0.480. The highest BCUT2D eigenvalue weighted by Crippen LogP contribution is 2.38. The van der Waals surface area contributed by atoms with Crippen LogP contribution in [-0.2, 0) is 0 Å². The van der Waals surface area contributed by atoms with Crippen molar-refractivity contribution in [3.05, 3.63) is 0 Å². The molecule has 0 aromatic carbocycles. The molecule has 0 amide bonds. The van der Waals surface area contributed by atoms with Gasteiger partial charge in [0.2, 0.25) is 0 Å². The zero-order chi connectivity index (χ0) is 9.03. The SMILES string of the molecule is C#CCCCNC(C)(C)C1CC1. The van der Waals surface area contributed by atoms with E-state index in [-0.39, 0.29) is 0 Å². The van der Waals surface area contributed by atoms with Crippen molar-refractivity contribution < 1.29 is 0 Å². The zero-order valence-corrected chi connectivity index (χ0v) is 8.19. The maximum Gasteiger partial charge on any atom is 0.0153 e. The van der Waals surface area contributed by atoms with Crippen LogP contribution in [0.1, 0.15) is 39.5 Å². The molecule has 0 aliphatic heterocycles. The minimum Gasteiger partial charge on any atom is -0.311 e. The zero-order valence-electron chi connectivity index (χ0n) is 8.19. The molecule has 0 atom stereocenters. The minimum absolute atomic E-state index is 0.342. The maximum absolute atomic E-state index is 5.17. The van der Waals surface area contributed by atoms with Crippen molar-refractivity contribution >= 4 is 0 Å². The molecule has 0 radical (unpaired) electrons. The van der Waals surface area contributed by atoms with E-state index in [1.165, 1.54) is 12.8 Å². The second-order valence-corrected chi connectivity index (χ2v) is 4.23. The molecular formula is C11H19N. The first kappa shape index (κ1) is 9.61. The predicted octanol–water partition coefficient (Wildman–Crippen LogP) is 2.18. The van der Waals surface area contributed by atoms with Crippen LogP contribution in [0.15, 0.2) is 0 Å². The molecular weight excluding hydrogens is 146 g/mol. The lowest BCUT2D eigenvalue weighted by Crippen LogP contribution is -2.41. The first-order chi connectivity index (χ1) is 5.67. The molecule has 0 saturated heterocycles. The van der Waals surface area contributed by atoms with Crippen molar-refractivity contribution in [1.82, 2.24) is 5.32 Å². The summed E-state index contributed by atoms with van der Waals surface area (Å²) in [6.07, 6.45) is 9.97. The van der Waals surface area contributed by atoms with Crippen LogP contribution in [-0.4, -0.2) is 12.1 Å². The number of hydrogen-bond donors (Lipinski definition) is 1. The fraction of sp³-hybridized carbons (Fsp3) is 0.818. The summed E-state index contributed by atoms with van der Waals surface area (Å²) in [5, 5.41) is 3.56. The number of unbranched alkanes of at least 4 members (excludes halogenated alkanes) is 1. The second kappa shape index (κ2) is 3.96. The van der Waals surface area contributed by atoms with Crippen molar-refractivity contribution in [2.45, 2.75) is 45.1 Å². The summed E-state index contributed by atoms with van der Waals surface area (Å²) in [7, 11) is 0. The van der Waals surface area contributed by atoms with E-state index in [9.17, 15) is 0 Å². The Labute approximate surface area is 75.9 Å². The Morgan fingerprint density at radius 1 is 1.50 bits per heavy atom. The highest BCUT2D eigenvalue weighted by Gasteiger charge is 2.36. The van der Waals surface area contributed by atoms with Crippen molar-refractivity contribution in [2.75, 3.05) is 6.54 Å². The number of terminal acetylenes is 1. The third-order valence-corrected chi connectivity index (χ3v) is 2.68. The standard InChI is InChI=1S/C11H19N/c1-4-5-6-9-12-11(2,3)10-7-8-10/h1,10,12H,5-9H2,2-3H3. The lowest BCUT2D eigenvalue weighted by molar-refractivity contribution is 0.341. The number of hydrogen-bond acceptors (Lipinski definition) is 1. The van der Waals surface area contributed by atoms with Crippen molar-refractivity contribution in [3.63, 3.8) is 0 Å². The third-order valence-electron chi connectivity index (χ3n) is 2.68. The molecule has 1 nitrogen and oxygen atoms in total. The van der Waals surface area contributed by atoms with Crippen LogP contribution >= 0.6 is 0 Å². The molecule has 0 aromatic heterocycles. The van der Waals surface area contributed by atoms with Gasteiger partial charge in [-0.25, -0.2) is 0 Å². The van der Waals surface area contributed by atoms with Gasteiger partial charge in [-0.05, 0) is 45.6 Å². The largest absolute Gasteiger partial charge is 0.311 e. The van der Waals surface area contributed by atoms with Gasteiger partial charge in [-0.1, -0.05) is 0 Å². The molecule has 1 rings (SSSR count). The lowest BCUT2D eigenvalue weighted by Gasteiger charge is -2.26. The summed E-state index contributed by atoms with van der Waals surface area (Å²) in [6, 6.07) is 0. The summed E-state index contributed by atoms with van der Waals surface area (Å²) in [5.74, 6) is 3.56. The first-order valence-electron chi connectivity index (χ1n) is 4.85. The van der Waals surface area contributed by atoms with Crippen LogP contribution in [0.5, 0.6) is 0 Å². The van der Waals surface area contributed by atoms with Crippen molar-refractivity contribution in [3.8, 4) is 12.3 Å². The topological polar surface area (TPSA) is 12.0 Å². The van der Waals surface area contributed by atoms with E-state index in [0.29, 0.717) is 5.54 Å². The average Bonchev–Trinajstić information content (AvgIpc) is 2.80. The monoisotopic (exact) mass is 165 g/mol. The molecule has 1 N–H and O–H groups in total. The van der Waals surface area contributed by atoms with E-state index in [2.05, 4.69) is 25.1 Å². The summed E-state index contributed by atoms with van der Waals surface area (Å²) >= 11 is 0. The van der Waals surface area contributed by atoms with Crippen molar-refractivity contribution in [1.29, 1.82) is 0 Å². The summed E-state index contributed by atoms with van der Waals surface area (Å²) in [4.78, 5) is 0. The second-order valence-electron chi connectivity index (χ2n) is 4.23. The van der Waals surface area contributed by atoms with Gasteiger partial charge in [-0.2, -0.15) is 0 Å². The third kappa shape index (κ3) is 2.87. The van der Waals surface area contributed by atoms with Crippen LogP contribution in [0, 0.1) is 18.3 Å². The van der Waals surface area contributed by atoms with Gasteiger partial charge in [0.25, 0.3) is 0 Å². The fourth-order valence-electron chi connectivity index (χ4n) is 1.55. The summed E-state index contributed by atoms with van der Waals surface area (Å²) in [6.45, 7) is 5.65. The van der Waals surface area contributed by atoms with Gasteiger partial charge in [0.1, 0.15) is 0 Å². The molecule has 0 bridgehead atoms.